The highest BCUT2D eigenvalue weighted by Gasteiger charge is 2.41. The first-order chi connectivity index (χ1) is 18.1. The highest BCUT2D eigenvalue weighted by molar-refractivity contribution is 7.89. The van der Waals surface area contributed by atoms with Crippen LogP contribution in [0.1, 0.15) is 36.8 Å². The smallest absolute Gasteiger partial charge is 0.408 e. The summed E-state index contributed by atoms with van der Waals surface area (Å²) in [7, 11) is -0.998. The Hall–Kier alpha value is -2.95. The number of rotatable bonds is 6. The number of sulfonamides is 1. The van der Waals surface area contributed by atoms with Gasteiger partial charge in [-0.25, -0.2) is 13.2 Å². The van der Waals surface area contributed by atoms with Gasteiger partial charge in [-0.2, -0.15) is 4.31 Å². The number of hydrogen-bond acceptors (Lipinski definition) is 6. The lowest BCUT2D eigenvalue weighted by atomic mass is 9.77. The number of nitrogens with zero attached hydrogens (tertiary/aromatic N) is 3. The molecule has 5 rings (SSSR count). The van der Waals surface area contributed by atoms with Gasteiger partial charge < -0.3 is 14.1 Å². The van der Waals surface area contributed by atoms with Crippen LogP contribution in [0.3, 0.4) is 0 Å². The number of likely N-dealkylation sites (tertiary alicyclic amines) is 1. The fourth-order valence-corrected chi connectivity index (χ4v) is 6.84. The molecule has 3 heterocycles. The number of likely N-dealkylation sites (N-methyl/N-ethyl adjacent to an activating group) is 1. The fraction of sp³-hybridized carbons (Fsp3) is 0.500. The second-order valence-electron chi connectivity index (χ2n) is 10.8. The first-order valence-corrected chi connectivity index (χ1v) is 14.5. The largest absolute Gasteiger partial charge is 0.419 e. The van der Waals surface area contributed by atoms with E-state index in [1.807, 2.05) is 0 Å². The summed E-state index contributed by atoms with van der Waals surface area (Å²) in [4.78, 5) is 26.5. The van der Waals surface area contributed by atoms with E-state index in [4.69, 9.17) is 9.15 Å². The summed E-state index contributed by atoms with van der Waals surface area (Å²) in [6, 6.07) is 13.0. The Bertz CT molecular complexity index is 1480. The number of amides is 1. The zero-order chi connectivity index (χ0) is 27.1. The van der Waals surface area contributed by atoms with E-state index in [2.05, 4.69) is 31.2 Å². The van der Waals surface area contributed by atoms with Gasteiger partial charge in [0.05, 0.1) is 22.6 Å². The topological polar surface area (TPSA) is 102 Å². The summed E-state index contributed by atoms with van der Waals surface area (Å²) in [6.45, 7) is 3.66. The maximum atomic E-state index is 13.1. The average Bonchev–Trinajstić information content (AvgIpc) is 3.18. The number of fused-ring (bicyclic) bond motifs is 1. The molecule has 1 atom stereocenters. The molecule has 0 radical (unpaired) electrons. The molecule has 3 aromatic rings. The number of aryl methyl sites for hydroxylation is 2. The third-order valence-electron chi connectivity index (χ3n) is 8.10. The van der Waals surface area contributed by atoms with Crippen molar-refractivity contribution in [2.75, 3.05) is 33.3 Å². The second-order valence-corrected chi connectivity index (χ2v) is 12.8. The molecule has 10 heteroatoms. The van der Waals surface area contributed by atoms with Gasteiger partial charge in [-0.15, -0.1) is 0 Å². The van der Waals surface area contributed by atoms with Gasteiger partial charge in [-0.05, 0) is 62.6 Å². The number of benzene rings is 2. The van der Waals surface area contributed by atoms with E-state index >= 15 is 0 Å². The van der Waals surface area contributed by atoms with Crippen molar-refractivity contribution < 1.29 is 22.4 Å². The van der Waals surface area contributed by atoms with E-state index in [0.29, 0.717) is 24.5 Å². The van der Waals surface area contributed by atoms with Crippen molar-refractivity contribution in [2.45, 2.75) is 49.5 Å². The zero-order valence-corrected chi connectivity index (χ0v) is 23.0. The van der Waals surface area contributed by atoms with Gasteiger partial charge in [0, 0.05) is 39.9 Å². The van der Waals surface area contributed by atoms with E-state index in [0.717, 1.165) is 43.0 Å². The van der Waals surface area contributed by atoms with Gasteiger partial charge in [-0.3, -0.25) is 9.36 Å². The number of oxazole rings is 1. The van der Waals surface area contributed by atoms with Crippen molar-refractivity contribution in [1.82, 2.24) is 13.8 Å². The average molecular weight is 542 g/mol. The molecule has 0 bridgehead atoms. The Morgan fingerprint density at radius 2 is 1.84 bits per heavy atom. The molecular formula is C28H35N3O6S. The van der Waals surface area contributed by atoms with Crippen LogP contribution in [0.5, 0.6) is 0 Å². The molecule has 0 N–H and O–H groups in total. The van der Waals surface area contributed by atoms with Crippen molar-refractivity contribution in [3.05, 3.63) is 64.1 Å². The van der Waals surface area contributed by atoms with Crippen molar-refractivity contribution in [2.24, 2.45) is 13.0 Å². The van der Waals surface area contributed by atoms with Crippen LogP contribution in [0.2, 0.25) is 0 Å². The molecular weight excluding hydrogens is 506 g/mol. The number of piperidine rings is 1. The minimum absolute atomic E-state index is 0.0255. The molecule has 2 aliphatic rings. The van der Waals surface area contributed by atoms with Crippen LogP contribution in [0.4, 0.5) is 0 Å². The number of carbonyl (C=O) groups excluding carboxylic acids is 1. The van der Waals surface area contributed by atoms with Crippen LogP contribution in [0.15, 0.2) is 56.6 Å². The highest BCUT2D eigenvalue weighted by Crippen LogP contribution is 2.39. The number of carbonyl (C=O) groups is 1. The molecule has 2 aliphatic heterocycles. The minimum atomic E-state index is -3.94. The Morgan fingerprint density at radius 1 is 1.13 bits per heavy atom. The fourth-order valence-electron chi connectivity index (χ4n) is 5.70. The molecule has 38 heavy (non-hydrogen) atoms. The van der Waals surface area contributed by atoms with Crippen LogP contribution in [0.25, 0.3) is 11.1 Å². The molecule has 2 aromatic carbocycles. The lowest BCUT2D eigenvalue weighted by molar-refractivity contribution is -0.147. The van der Waals surface area contributed by atoms with Crippen LogP contribution in [-0.2, 0) is 33.0 Å². The number of hydrogen-bond donors (Lipinski definition) is 0. The maximum absolute atomic E-state index is 13.1. The lowest BCUT2D eigenvalue weighted by Gasteiger charge is -2.46. The summed E-state index contributed by atoms with van der Waals surface area (Å²) in [5.41, 5.74) is 3.09. The first-order valence-electron chi connectivity index (χ1n) is 13.1. The molecule has 0 aliphatic carbocycles. The molecule has 2 saturated heterocycles. The molecule has 1 aromatic heterocycles. The van der Waals surface area contributed by atoms with E-state index in [1.54, 1.807) is 11.9 Å². The summed E-state index contributed by atoms with van der Waals surface area (Å²) < 4.78 is 40.1. The molecule has 0 saturated carbocycles. The van der Waals surface area contributed by atoms with Crippen molar-refractivity contribution in [1.29, 1.82) is 0 Å². The van der Waals surface area contributed by atoms with Gasteiger partial charge in [0.2, 0.25) is 15.9 Å². The summed E-state index contributed by atoms with van der Waals surface area (Å²) in [5, 5.41) is 0. The summed E-state index contributed by atoms with van der Waals surface area (Å²) in [5.74, 6) is -0.244. The first kappa shape index (κ1) is 26.6. The van der Waals surface area contributed by atoms with Gasteiger partial charge in [0.15, 0.2) is 5.58 Å². The predicted molar refractivity (Wildman–Crippen MR) is 143 cm³/mol. The van der Waals surface area contributed by atoms with Gasteiger partial charge >= 0.3 is 5.76 Å². The standard InChI is InChI=1S/C28H35N3O6S/c1-20-4-6-21(7-5-20)16-22-10-15-36-28(18-22)11-13-31(14-12-28)26(32)19-29(2)38(34,35)23-8-9-24-25(17-23)37-27(33)30(24)3/h4-9,17,22H,10-16,18-19H2,1-3H3. The lowest BCUT2D eigenvalue weighted by Crippen LogP contribution is -2.52. The van der Waals surface area contributed by atoms with Crippen molar-refractivity contribution in [3.63, 3.8) is 0 Å². The van der Waals surface area contributed by atoms with E-state index in [9.17, 15) is 18.0 Å². The monoisotopic (exact) mass is 541 g/mol. The van der Waals surface area contributed by atoms with Gasteiger partial charge in [0.25, 0.3) is 0 Å². The van der Waals surface area contributed by atoms with Crippen LogP contribution >= 0.6 is 0 Å². The van der Waals surface area contributed by atoms with Gasteiger partial charge in [-0.1, -0.05) is 29.8 Å². The van der Waals surface area contributed by atoms with Crippen LogP contribution < -0.4 is 5.76 Å². The molecule has 1 unspecified atom stereocenters. The quantitative estimate of drug-likeness (QED) is 0.475. The molecule has 9 nitrogen and oxygen atoms in total. The summed E-state index contributed by atoms with van der Waals surface area (Å²) in [6.07, 6.45) is 4.57. The van der Waals surface area contributed by atoms with Crippen molar-refractivity contribution in [3.8, 4) is 0 Å². The maximum Gasteiger partial charge on any atom is 0.419 e. The Labute approximate surface area is 223 Å². The third-order valence-corrected chi connectivity index (χ3v) is 9.90. The number of ether oxygens (including phenoxy) is 1. The molecule has 1 amide bonds. The Morgan fingerprint density at radius 3 is 2.55 bits per heavy atom. The molecule has 1 spiro atoms. The second kappa shape index (κ2) is 10.3. The minimum Gasteiger partial charge on any atom is -0.408 e. The number of aromatic nitrogens is 1. The molecule has 204 valence electrons. The van der Waals surface area contributed by atoms with Crippen LogP contribution in [-0.4, -0.2) is 67.0 Å². The van der Waals surface area contributed by atoms with Crippen molar-refractivity contribution >= 4 is 27.0 Å². The normalized spacial score (nSPS) is 19.9. The zero-order valence-electron chi connectivity index (χ0n) is 22.2. The SMILES string of the molecule is Cc1ccc(CC2CCOC3(CCN(C(=O)CN(C)S(=O)(=O)c4ccc5c(c4)oc(=O)n5C)CC3)C2)cc1. The van der Waals surface area contributed by atoms with E-state index in [1.165, 1.54) is 40.9 Å². The summed E-state index contributed by atoms with van der Waals surface area (Å²) >= 11 is 0. The molecule has 2 fully saturated rings. The van der Waals surface area contributed by atoms with E-state index in [-0.39, 0.29) is 28.5 Å². The Balaban J connectivity index is 1.18. The van der Waals surface area contributed by atoms with Gasteiger partial charge in [0.1, 0.15) is 0 Å². The van der Waals surface area contributed by atoms with E-state index < -0.39 is 15.8 Å². The Kier molecular flexibility index (Phi) is 7.23. The predicted octanol–water partition coefficient (Wildman–Crippen LogP) is 3.09. The van der Waals surface area contributed by atoms with Crippen LogP contribution in [0, 0.1) is 12.8 Å². The highest BCUT2D eigenvalue weighted by atomic mass is 32.2. The third kappa shape index (κ3) is 5.30.